The molecule has 70 valence electrons. The van der Waals surface area contributed by atoms with Crippen LogP contribution in [0.1, 0.15) is 12.5 Å². The molecule has 1 rings (SSSR count). The van der Waals surface area contributed by atoms with Crippen LogP contribution in [0.25, 0.3) is 0 Å². The van der Waals surface area contributed by atoms with Crippen LogP contribution in [0.4, 0.5) is 5.69 Å². The second-order valence-corrected chi connectivity index (χ2v) is 3.07. The van der Waals surface area contributed by atoms with Crippen LogP contribution < -0.4 is 5.73 Å². The smallest absolute Gasteiger partial charge is 0.219 e. The maximum absolute atomic E-state index is 10.9. The van der Waals surface area contributed by atoms with Gasteiger partial charge in [0, 0.05) is 26.2 Å². The third-order valence-electron chi connectivity index (χ3n) is 2.00. The highest BCUT2D eigenvalue weighted by atomic mass is 16.2. The SMILES string of the molecule is CC(=O)N(C)Cc1ccccc1N. The van der Waals surface area contributed by atoms with Crippen LogP contribution in [-0.2, 0) is 11.3 Å². The van der Waals surface area contributed by atoms with E-state index in [4.69, 9.17) is 5.73 Å². The normalized spacial score (nSPS) is 9.69. The van der Waals surface area contributed by atoms with E-state index in [1.807, 2.05) is 24.3 Å². The first-order valence-corrected chi connectivity index (χ1v) is 4.16. The Kier molecular flexibility index (Phi) is 2.90. The van der Waals surface area contributed by atoms with E-state index in [0.29, 0.717) is 6.54 Å². The van der Waals surface area contributed by atoms with E-state index < -0.39 is 0 Å². The summed E-state index contributed by atoms with van der Waals surface area (Å²) < 4.78 is 0. The Bertz CT molecular complexity index is 310. The van der Waals surface area contributed by atoms with Gasteiger partial charge in [0.05, 0.1) is 0 Å². The van der Waals surface area contributed by atoms with Crippen LogP contribution in [0.3, 0.4) is 0 Å². The van der Waals surface area contributed by atoms with Crippen LogP contribution >= 0.6 is 0 Å². The number of hydrogen-bond donors (Lipinski definition) is 1. The van der Waals surface area contributed by atoms with Crippen molar-refractivity contribution in [2.24, 2.45) is 0 Å². The Hall–Kier alpha value is -1.51. The van der Waals surface area contributed by atoms with Gasteiger partial charge in [-0.1, -0.05) is 18.2 Å². The van der Waals surface area contributed by atoms with Crippen LogP contribution in [0.2, 0.25) is 0 Å². The van der Waals surface area contributed by atoms with Crippen molar-refractivity contribution in [1.29, 1.82) is 0 Å². The first-order chi connectivity index (χ1) is 6.11. The lowest BCUT2D eigenvalue weighted by Gasteiger charge is -2.15. The zero-order valence-electron chi connectivity index (χ0n) is 7.95. The van der Waals surface area contributed by atoms with Crippen molar-refractivity contribution in [3.05, 3.63) is 29.8 Å². The van der Waals surface area contributed by atoms with Gasteiger partial charge in [0.15, 0.2) is 0 Å². The molecule has 1 aromatic carbocycles. The predicted octanol–water partition coefficient (Wildman–Crippen LogP) is 1.25. The zero-order valence-corrected chi connectivity index (χ0v) is 7.95. The predicted molar refractivity (Wildman–Crippen MR) is 53.0 cm³/mol. The average molecular weight is 178 g/mol. The number of nitrogen functional groups attached to an aromatic ring is 1. The molecule has 0 saturated heterocycles. The summed E-state index contributed by atoms with van der Waals surface area (Å²) in [4.78, 5) is 12.6. The topological polar surface area (TPSA) is 46.3 Å². The fourth-order valence-electron chi connectivity index (χ4n) is 1.05. The van der Waals surface area contributed by atoms with Gasteiger partial charge in [-0.2, -0.15) is 0 Å². The number of hydrogen-bond acceptors (Lipinski definition) is 2. The Morgan fingerprint density at radius 2 is 2.08 bits per heavy atom. The molecule has 0 spiro atoms. The van der Waals surface area contributed by atoms with E-state index in [0.717, 1.165) is 11.3 Å². The number of carbonyl (C=O) groups is 1. The number of nitrogens with zero attached hydrogens (tertiary/aromatic N) is 1. The molecule has 0 aromatic heterocycles. The Labute approximate surface area is 78.2 Å². The molecule has 3 nitrogen and oxygen atoms in total. The lowest BCUT2D eigenvalue weighted by atomic mass is 10.2. The maximum atomic E-state index is 10.9. The molecule has 3 heteroatoms. The van der Waals surface area contributed by atoms with Crippen LogP contribution in [-0.4, -0.2) is 17.9 Å². The molecular weight excluding hydrogens is 164 g/mol. The second-order valence-electron chi connectivity index (χ2n) is 3.07. The molecule has 2 N–H and O–H groups in total. The lowest BCUT2D eigenvalue weighted by Crippen LogP contribution is -2.23. The molecule has 0 aliphatic rings. The molecule has 0 saturated carbocycles. The van der Waals surface area contributed by atoms with Crippen molar-refractivity contribution >= 4 is 11.6 Å². The second kappa shape index (κ2) is 3.94. The van der Waals surface area contributed by atoms with Crippen molar-refractivity contribution in [1.82, 2.24) is 4.90 Å². The Balaban J connectivity index is 2.74. The molecule has 0 unspecified atom stereocenters. The zero-order chi connectivity index (χ0) is 9.84. The average Bonchev–Trinajstić information content (AvgIpc) is 2.08. The summed E-state index contributed by atoms with van der Waals surface area (Å²) in [5, 5.41) is 0. The minimum Gasteiger partial charge on any atom is -0.398 e. The summed E-state index contributed by atoms with van der Waals surface area (Å²) >= 11 is 0. The first-order valence-electron chi connectivity index (χ1n) is 4.16. The molecule has 0 aliphatic carbocycles. The van der Waals surface area contributed by atoms with Gasteiger partial charge in [-0.25, -0.2) is 0 Å². The third kappa shape index (κ3) is 2.47. The third-order valence-corrected chi connectivity index (χ3v) is 2.00. The Morgan fingerprint density at radius 1 is 1.46 bits per heavy atom. The van der Waals surface area contributed by atoms with E-state index in [-0.39, 0.29) is 5.91 Å². The van der Waals surface area contributed by atoms with Crippen LogP contribution in [0.15, 0.2) is 24.3 Å². The van der Waals surface area contributed by atoms with Crippen LogP contribution in [0, 0.1) is 0 Å². The van der Waals surface area contributed by atoms with E-state index in [1.165, 1.54) is 0 Å². The van der Waals surface area contributed by atoms with Gasteiger partial charge in [0.2, 0.25) is 5.91 Å². The quantitative estimate of drug-likeness (QED) is 0.693. The summed E-state index contributed by atoms with van der Waals surface area (Å²) in [6, 6.07) is 7.56. The van der Waals surface area contributed by atoms with Crippen molar-refractivity contribution in [3.8, 4) is 0 Å². The Morgan fingerprint density at radius 3 is 2.62 bits per heavy atom. The van der Waals surface area contributed by atoms with E-state index >= 15 is 0 Å². The fraction of sp³-hybridized carbons (Fsp3) is 0.300. The fourth-order valence-corrected chi connectivity index (χ4v) is 1.05. The molecule has 1 aromatic rings. The van der Waals surface area contributed by atoms with Gasteiger partial charge >= 0.3 is 0 Å². The van der Waals surface area contributed by atoms with E-state index in [9.17, 15) is 4.79 Å². The first kappa shape index (κ1) is 9.58. The molecule has 0 aliphatic heterocycles. The number of benzene rings is 1. The molecular formula is C10H14N2O. The molecule has 0 bridgehead atoms. The number of para-hydroxylation sites is 1. The number of rotatable bonds is 2. The number of nitrogens with two attached hydrogens (primary N) is 1. The summed E-state index contributed by atoms with van der Waals surface area (Å²) in [7, 11) is 1.76. The van der Waals surface area contributed by atoms with E-state index in [1.54, 1.807) is 18.9 Å². The minimum absolute atomic E-state index is 0.0447. The molecule has 0 heterocycles. The summed E-state index contributed by atoms with van der Waals surface area (Å²) in [6.07, 6.45) is 0. The van der Waals surface area contributed by atoms with Crippen molar-refractivity contribution in [2.75, 3.05) is 12.8 Å². The van der Waals surface area contributed by atoms with Crippen molar-refractivity contribution in [3.63, 3.8) is 0 Å². The molecule has 13 heavy (non-hydrogen) atoms. The number of anilines is 1. The standard InChI is InChI=1S/C10H14N2O/c1-8(13)12(2)7-9-5-3-4-6-10(9)11/h3-6H,7,11H2,1-2H3. The van der Waals surface area contributed by atoms with Gasteiger partial charge in [-0.05, 0) is 11.6 Å². The highest BCUT2D eigenvalue weighted by Gasteiger charge is 2.04. The van der Waals surface area contributed by atoms with Gasteiger partial charge in [0.25, 0.3) is 0 Å². The molecule has 0 radical (unpaired) electrons. The summed E-state index contributed by atoms with van der Waals surface area (Å²) in [6.45, 7) is 2.11. The summed E-state index contributed by atoms with van der Waals surface area (Å²) in [5.41, 5.74) is 7.45. The lowest BCUT2D eigenvalue weighted by molar-refractivity contribution is -0.128. The van der Waals surface area contributed by atoms with Crippen molar-refractivity contribution < 1.29 is 4.79 Å². The highest BCUT2D eigenvalue weighted by Crippen LogP contribution is 2.12. The molecule has 0 fully saturated rings. The van der Waals surface area contributed by atoms with Crippen molar-refractivity contribution in [2.45, 2.75) is 13.5 Å². The minimum atomic E-state index is 0.0447. The monoisotopic (exact) mass is 178 g/mol. The van der Waals surface area contributed by atoms with Gasteiger partial charge < -0.3 is 10.6 Å². The highest BCUT2D eigenvalue weighted by molar-refractivity contribution is 5.73. The molecule has 1 amide bonds. The van der Waals surface area contributed by atoms with Gasteiger partial charge in [0.1, 0.15) is 0 Å². The maximum Gasteiger partial charge on any atom is 0.219 e. The van der Waals surface area contributed by atoms with Crippen LogP contribution in [0.5, 0.6) is 0 Å². The van der Waals surface area contributed by atoms with Gasteiger partial charge in [-0.15, -0.1) is 0 Å². The largest absolute Gasteiger partial charge is 0.398 e. The van der Waals surface area contributed by atoms with Gasteiger partial charge in [-0.3, -0.25) is 4.79 Å². The van der Waals surface area contributed by atoms with E-state index in [2.05, 4.69) is 0 Å². The number of carbonyl (C=O) groups excluding carboxylic acids is 1. The number of amides is 1. The molecule has 0 atom stereocenters. The summed E-state index contributed by atoms with van der Waals surface area (Å²) in [5.74, 6) is 0.0447.